The maximum Gasteiger partial charge on any atom is 0.117 e. The van der Waals surface area contributed by atoms with Crippen molar-refractivity contribution in [3.63, 3.8) is 0 Å². The summed E-state index contributed by atoms with van der Waals surface area (Å²) in [6, 6.07) is 0. The van der Waals surface area contributed by atoms with Gasteiger partial charge in [0.15, 0.2) is 0 Å². The molecule has 96 valence electrons. The Balaban J connectivity index is 1.85. The maximum atomic E-state index is 10.1. The summed E-state index contributed by atoms with van der Waals surface area (Å²) in [5.74, 6) is 0. The Hall–Kier alpha value is -0.460. The Morgan fingerprint density at radius 2 is 2.00 bits per heavy atom. The zero-order valence-electron chi connectivity index (χ0n) is 9.74. The molecule has 0 aromatic heterocycles. The minimum absolute atomic E-state index is 0.283. The van der Waals surface area contributed by atoms with Crippen LogP contribution in [0.2, 0.25) is 0 Å². The Labute approximate surface area is 99.7 Å². The van der Waals surface area contributed by atoms with Crippen LogP contribution in [-0.4, -0.2) is 58.6 Å². The van der Waals surface area contributed by atoms with Gasteiger partial charge in [0.05, 0.1) is 12.7 Å². The molecule has 0 bridgehead atoms. The molecule has 0 amide bonds. The molecule has 0 unspecified atom stereocenters. The minimum atomic E-state index is -0.739. The van der Waals surface area contributed by atoms with Crippen molar-refractivity contribution in [3.05, 3.63) is 11.1 Å². The van der Waals surface area contributed by atoms with Crippen molar-refractivity contribution in [2.24, 2.45) is 0 Å². The first-order valence-corrected chi connectivity index (χ1v) is 6.19. The van der Waals surface area contributed by atoms with Crippen LogP contribution in [-0.2, 0) is 9.47 Å². The summed E-state index contributed by atoms with van der Waals surface area (Å²) in [6.45, 7) is 2.27. The SMILES string of the molecule is CCC[C@H](O)[C@@H]1OCC2=C1[C@H](O)[C@@H]1O[C@H]1[C@@H]2O. The average Bonchev–Trinajstić information content (AvgIpc) is 2.98. The summed E-state index contributed by atoms with van der Waals surface area (Å²) < 4.78 is 10.8. The summed E-state index contributed by atoms with van der Waals surface area (Å²) >= 11 is 0. The second kappa shape index (κ2) is 4.03. The predicted molar refractivity (Wildman–Crippen MR) is 58.4 cm³/mol. The van der Waals surface area contributed by atoms with E-state index in [-0.39, 0.29) is 18.8 Å². The number of rotatable bonds is 3. The molecule has 5 nitrogen and oxygen atoms in total. The number of epoxide rings is 1. The van der Waals surface area contributed by atoms with E-state index in [2.05, 4.69) is 0 Å². The molecule has 0 saturated carbocycles. The quantitative estimate of drug-likeness (QED) is 0.452. The number of fused-ring (bicyclic) bond motifs is 1. The second-order valence-electron chi connectivity index (χ2n) is 5.02. The number of ether oxygens (including phenoxy) is 2. The highest BCUT2D eigenvalue weighted by Gasteiger charge is 2.58. The number of hydrogen-bond acceptors (Lipinski definition) is 5. The van der Waals surface area contributed by atoms with E-state index in [4.69, 9.17) is 9.47 Å². The summed E-state index contributed by atoms with van der Waals surface area (Å²) in [5, 5.41) is 30.1. The van der Waals surface area contributed by atoms with Gasteiger partial charge in [-0.1, -0.05) is 13.3 Å². The van der Waals surface area contributed by atoms with E-state index in [1.165, 1.54) is 0 Å². The molecule has 2 aliphatic heterocycles. The molecule has 6 atom stereocenters. The first-order chi connectivity index (χ1) is 8.15. The van der Waals surface area contributed by atoms with Crippen molar-refractivity contribution in [2.75, 3.05) is 6.61 Å². The van der Waals surface area contributed by atoms with Gasteiger partial charge in [-0.2, -0.15) is 0 Å². The molecule has 0 aromatic carbocycles. The molecule has 1 fully saturated rings. The summed E-state index contributed by atoms with van der Waals surface area (Å²) in [7, 11) is 0. The number of hydrogen-bond donors (Lipinski definition) is 3. The third-order valence-corrected chi connectivity index (χ3v) is 3.89. The van der Waals surface area contributed by atoms with Crippen molar-refractivity contribution < 1.29 is 24.8 Å². The molecular weight excluding hydrogens is 224 g/mol. The van der Waals surface area contributed by atoms with Gasteiger partial charge in [-0.25, -0.2) is 0 Å². The van der Waals surface area contributed by atoms with Crippen LogP contribution < -0.4 is 0 Å². The van der Waals surface area contributed by atoms with Crippen LogP contribution >= 0.6 is 0 Å². The van der Waals surface area contributed by atoms with Crippen LogP contribution in [0.25, 0.3) is 0 Å². The molecule has 3 aliphatic rings. The van der Waals surface area contributed by atoms with Gasteiger partial charge in [0.25, 0.3) is 0 Å². The topological polar surface area (TPSA) is 82.5 Å². The van der Waals surface area contributed by atoms with Crippen LogP contribution in [0.3, 0.4) is 0 Å². The van der Waals surface area contributed by atoms with Crippen molar-refractivity contribution in [3.8, 4) is 0 Å². The first kappa shape index (κ1) is 11.6. The van der Waals surface area contributed by atoms with Gasteiger partial charge in [-0.3, -0.25) is 0 Å². The average molecular weight is 242 g/mol. The van der Waals surface area contributed by atoms with E-state index in [9.17, 15) is 15.3 Å². The van der Waals surface area contributed by atoms with E-state index in [0.29, 0.717) is 17.6 Å². The van der Waals surface area contributed by atoms with Crippen molar-refractivity contribution in [2.45, 2.75) is 56.4 Å². The Morgan fingerprint density at radius 1 is 1.29 bits per heavy atom. The smallest absolute Gasteiger partial charge is 0.117 e. The Bertz CT molecular complexity index is 353. The van der Waals surface area contributed by atoms with Crippen molar-refractivity contribution in [1.82, 2.24) is 0 Å². The van der Waals surface area contributed by atoms with E-state index in [1.807, 2.05) is 6.92 Å². The lowest BCUT2D eigenvalue weighted by Gasteiger charge is -2.26. The summed E-state index contributed by atoms with van der Waals surface area (Å²) in [6.07, 6.45) is -1.65. The lowest BCUT2D eigenvalue weighted by Crippen LogP contribution is -2.39. The number of aliphatic hydroxyl groups excluding tert-OH is 3. The van der Waals surface area contributed by atoms with Gasteiger partial charge in [-0.05, 0) is 17.6 Å². The molecule has 17 heavy (non-hydrogen) atoms. The van der Waals surface area contributed by atoms with Crippen LogP contribution in [0.5, 0.6) is 0 Å². The molecule has 3 N–H and O–H groups in total. The fourth-order valence-electron chi connectivity index (χ4n) is 2.93. The zero-order valence-corrected chi connectivity index (χ0v) is 9.74. The second-order valence-corrected chi connectivity index (χ2v) is 5.02. The van der Waals surface area contributed by atoms with Gasteiger partial charge < -0.3 is 24.8 Å². The van der Waals surface area contributed by atoms with Crippen LogP contribution in [0, 0.1) is 0 Å². The number of aliphatic hydroxyl groups is 3. The summed E-state index contributed by atoms with van der Waals surface area (Å²) in [5.41, 5.74) is 1.36. The monoisotopic (exact) mass is 242 g/mol. The minimum Gasteiger partial charge on any atom is -0.390 e. The van der Waals surface area contributed by atoms with Crippen LogP contribution in [0.1, 0.15) is 19.8 Å². The fourth-order valence-corrected chi connectivity index (χ4v) is 2.93. The van der Waals surface area contributed by atoms with Gasteiger partial charge in [0.2, 0.25) is 0 Å². The Kier molecular flexibility index (Phi) is 2.76. The Morgan fingerprint density at radius 3 is 2.71 bits per heavy atom. The van der Waals surface area contributed by atoms with E-state index < -0.39 is 24.4 Å². The highest BCUT2D eigenvalue weighted by molar-refractivity contribution is 5.39. The van der Waals surface area contributed by atoms with Gasteiger partial charge in [0, 0.05) is 0 Å². The van der Waals surface area contributed by atoms with Crippen LogP contribution in [0.4, 0.5) is 0 Å². The van der Waals surface area contributed by atoms with E-state index in [1.54, 1.807) is 0 Å². The fraction of sp³-hybridized carbons (Fsp3) is 0.833. The maximum absolute atomic E-state index is 10.1. The molecule has 0 radical (unpaired) electrons. The molecule has 1 saturated heterocycles. The predicted octanol–water partition coefficient (Wildman–Crippen LogP) is -0.654. The molecular formula is C12H18O5. The van der Waals surface area contributed by atoms with Crippen LogP contribution in [0.15, 0.2) is 11.1 Å². The van der Waals surface area contributed by atoms with E-state index >= 15 is 0 Å². The van der Waals surface area contributed by atoms with E-state index in [0.717, 1.165) is 6.42 Å². The van der Waals surface area contributed by atoms with Crippen molar-refractivity contribution >= 4 is 0 Å². The van der Waals surface area contributed by atoms with Crippen molar-refractivity contribution in [1.29, 1.82) is 0 Å². The normalized spacial score (nSPS) is 45.5. The molecule has 5 heteroatoms. The zero-order chi connectivity index (χ0) is 12.2. The molecule has 1 aliphatic carbocycles. The third-order valence-electron chi connectivity index (χ3n) is 3.89. The highest BCUT2D eigenvalue weighted by Crippen LogP contribution is 2.45. The molecule has 0 spiro atoms. The van der Waals surface area contributed by atoms with Gasteiger partial charge in [0.1, 0.15) is 30.5 Å². The molecule has 0 aromatic rings. The molecule has 2 heterocycles. The first-order valence-electron chi connectivity index (χ1n) is 6.19. The highest BCUT2D eigenvalue weighted by atomic mass is 16.6. The van der Waals surface area contributed by atoms with Gasteiger partial charge in [-0.15, -0.1) is 0 Å². The lowest BCUT2D eigenvalue weighted by atomic mass is 9.84. The summed E-state index contributed by atoms with van der Waals surface area (Å²) in [4.78, 5) is 0. The largest absolute Gasteiger partial charge is 0.390 e. The standard InChI is InChI=1S/C12H18O5/c1-2-3-6(13)10-7-5(4-16-10)8(14)11-12(17-11)9(7)15/h6,8-15H,2-4H2,1H3/t6-,8+,9-,10-,11-,12-/m0/s1. The van der Waals surface area contributed by atoms with Gasteiger partial charge >= 0.3 is 0 Å². The lowest BCUT2D eigenvalue weighted by molar-refractivity contribution is -0.00843. The molecule has 3 rings (SSSR count). The third kappa shape index (κ3) is 1.65.